The van der Waals surface area contributed by atoms with Gasteiger partial charge in [0.05, 0.1) is 0 Å². The molecule has 1 aliphatic rings. The molecule has 2 atom stereocenters. The van der Waals surface area contributed by atoms with Crippen molar-refractivity contribution in [1.29, 1.82) is 0 Å². The summed E-state index contributed by atoms with van der Waals surface area (Å²) in [6, 6.07) is 3.61. The van der Waals surface area contributed by atoms with Crippen molar-refractivity contribution < 1.29 is 4.79 Å². The molecule has 3 rings (SSSR count). The van der Waals surface area contributed by atoms with E-state index in [0.717, 1.165) is 18.9 Å². The van der Waals surface area contributed by atoms with Crippen LogP contribution in [-0.2, 0) is 0 Å². The second-order valence-electron chi connectivity index (χ2n) is 6.03. The SMILES string of the molecule is C[C@@H]1C[C@@H](C)CN(C(=O)c2ccnc(-n3ccnc3)c2)C1. The number of hydrogen-bond acceptors (Lipinski definition) is 3. The average Bonchev–Trinajstić information content (AvgIpc) is 3.00. The number of nitrogens with zero attached hydrogens (tertiary/aromatic N) is 4. The van der Waals surface area contributed by atoms with Crippen LogP contribution in [0.4, 0.5) is 0 Å². The average molecular weight is 284 g/mol. The highest BCUT2D eigenvalue weighted by molar-refractivity contribution is 5.94. The van der Waals surface area contributed by atoms with Crippen molar-refractivity contribution in [3.05, 3.63) is 42.6 Å². The molecule has 110 valence electrons. The number of piperidine rings is 1. The van der Waals surface area contributed by atoms with Gasteiger partial charge in [-0.15, -0.1) is 0 Å². The third-order valence-corrected chi connectivity index (χ3v) is 3.92. The molecule has 5 nitrogen and oxygen atoms in total. The van der Waals surface area contributed by atoms with Crippen LogP contribution in [0.2, 0.25) is 0 Å². The van der Waals surface area contributed by atoms with E-state index in [1.807, 2.05) is 17.2 Å². The molecule has 0 aliphatic carbocycles. The molecule has 5 heteroatoms. The lowest BCUT2D eigenvalue weighted by atomic mass is 9.91. The topological polar surface area (TPSA) is 51.0 Å². The summed E-state index contributed by atoms with van der Waals surface area (Å²) in [5.74, 6) is 1.94. The Morgan fingerprint density at radius 1 is 1.24 bits per heavy atom. The van der Waals surface area contributed by atoms with Crippen LogP contribution >= 0.6 is 0 Å². The predicted octanol–water partition coefficient (Wildman–Crippen LogP) is 2.39. The maximum absolute atomic E-state index is 12.7. The zero-order valence-corrected chi connectivity index (χ0v) is 12.4. The smallest absolute Gasteiger partial charge is 0.254 e. The first kappa shape index (κ1) is 13.8. The van der Waals surface area contributed by atoms with E-state index in [1.54, 1.807) is 29.4 Å². The van der Waals surface area contributed by atoms with Crippen molar-refractivity contribution in [3.8, 4) is 5.82 Å². The highest BCUT2D eigenvalue weighted by Gasteiger charge is 2.26. The van der Waals surface area contributed by atoms with Gasteiger partial charge >= 0.3 is 0 Å². The van der Waals surface area contributed by atoms with Gasteiger partial charge in [-0.25, -0.2) is 9.97 Å². The van der Waals surface area contributed by atoms with Crippen LogP contribution in [0.3, 0.4) is 0 Å². The van der Waals surface area contributed by atoms with Crippen LogP contribution < -0.4 is 0 Å². The minimum atomic E-state index is 0.0946. The second kappa shape index (κ2) is 5.68. The van der Waals surface area contributed by atoms with Crippen molar-refractivity contribution in [2.24, 2.45) is 11.8 Å². The Hall–Kier alpha value is -2.17. The molecular weight excluding hydrogens is 264 g/mol. The standard InChI is InChI=1S/C16H20N4O/c1-12-7-13(2)10-20(9-12)16(21)14-3-4-18-15(8-14)19-6-5-17-11-19/h3-6,8,11-13H,7,9-10H2,1-2H3/t12-,13-/m1/s1. The first-order chi connectivity index (χ1) is 10.1. The molecule has 1 fully saturated rings. The number of carbonyl (C=O) groups excluding carboxylic acids is 1. The number of amides is 1. The third-order valence-electron chi connectivity index (χ3n) is 3.92. The van der Waals surface area contributed by atoms with Crippen LogP contribution in [0.25, 0.3) is 5.82 Å². The van der Waals surface area contributed by atoms with Gasteiger partial charge in [0.1, 0.15) is 12.1 Å². The van der Waals surface area contributed by atoms with E-state index in [4.69, 9.17) is 0 Å². The van der Waals surface area contributed by atoms with E-state index in [1.165, 1.54) is 6.42 Å². The zero-order valence-electron chi connectivity index (χ0n) is 12.4. The van der Waals surface area contributed by atoms with Crippen molar-refractivity contribution in [3.63, 3.8) is 0 Å². The van der Waals surface area contributed by atoms with Crippen molar-refractivity contribution >= 4 is 5.91 Å². The van der Waals surface area contributed by atoms with E-state index < -0.39 is 0 Å². The molecule has 0 spiro atoms. The van der Waals surface area contributed by atoms with Crippen molar-refractivity contribution in [1.82, 2.24) is 19.4 Å². The fourth-order valence-corrected chi connectivity index (χ4v) is 3.10. The number of likely N-dealkylation sites (tertiary alicyclic amines) is 1. The normalized spacial score (nSPS) is 22.3. The molecule has 0 bridgehead atoms. The molecule has 2 aromatic rings. The molecule has 0 N–H and O–H groups in total. The van der Waals surface area contributed by atoms with Gasteiger partial charge in [-0.1, -0.05) is 13.8 Å². The maximum Gasteiger partial charge on any atom is 0.254 e. The highest BCUT2D eigenvalue weighted by Crippen LogP contribution is 2.22. The van der Waals surface area contributed by atoms with E-state index in [9.17, 15) is 4.79 Å². The molecule has 1 amide bonds. The molecule has 0 radical (unpaired) electrons. The van der Waals surface area contributed by atoms with E-state index in [0.29, 0.717) is 17.4 Å². The molecule has 0 saturated carbocycles. The summed E-state index contributed by atoms with van der Waals surface area (Å²) in [7, 11) is 0. The predicted molar refractivity (Wildman–Crippen MR) is 80.2 cm³/mol. The summed E-state index contributed by atoms with van der Waals surface area (Å²) in [5, 5.41) is 0. The molecule has 3 heterocycles. The maximum atomic E-state index is 12.7. The largest absolute Gasteiger partial charge is 0.338 e. The van der Waals surface area contributed by atoms with Gasteiger partial charge in [0.25, 0.3) is 5.91 Å². The Kier molecular flexibility index (Phi) is 3.73. The number of pyridine rings is 1. The first-order valence-corrected chi connectivity index (χ1v) is 7.37. The van der Waals surface area contributed by atoms with Crippen molar-refractivity contribution in [2.45, 2.75) is 20.3 Å². The van der Waals surface area contributed by atoms with Gasteiger partial charge in [-0.3, -0.25) is 9.36 Å². The van der Waals surface area contributed by atoms with Gasteiger partial charge in [-0.05, 0) is 30.4 Å². The van der Waals surface area contributed by atoms with E-state index >= 15 is 0 Å². The van der Waals surface area contributed by atoms with Crippen LogP contribution in [-0.4, -0.2) is 38.4 Å². The van der Waals surface area contributed by atoms with Crippen molar-refractivity contribution in [2.75, 3.05) is 13.1 Å². The summed E-state index contributed by atoms with van der Waals surface area (Å²) in [5.41, 5.74) is 0.690. The molecule has 21 heavy (non-hydrogen) atoms. The van der Waals surface area contributed by atoms with Crippen LogP contribution in [0.15, 0.2) is 37.1 Å². The molecular formula is C16H20N4O. The summed E-state index contributed by atoms with van der Waals surface area (Å²) < 4.78 is 1.80. The monoisotopic (exact) mass is 284 g/mol. The first-order valence-electron chi connectivity index (χ1n) is 7.37. The minimum Gasteiger partial charge on any atom is -0.338 e. The van der Waals surface area contributed by atoms with E-state index in [2.05, 4.69) is 23.8 Å². The Bertz CT molecular complexity index is 613. The second-order valence-corrected chi connectivity index (χ2v) is 6.03. The minimum absolute atomic E-state index is 0.0946. The number of carbonyl (C=O) groups is 1. The third kappa shape index (κ3) is 2.96. The quantitative estimate of drug-likeness (QED) is 0.851. The van der Waals surface area contributed by atoms with Gasteiger partial charge in [0.15, 0.2) is 0 Å². The lowest BCUT2D eigenvalue weighted by Crippen LogP contribution is -2.42. The summed E-state index contributed by atoms with van der Waals surface area (Å²) >= 11 is 0. The fraction of sp³-hybridized carbons (Fsp3) is 0.438. The Labute approximate surface area is 124 Å². The van der Waals surface area contributed by atoms with Crippen LogP contribution in [0, 0.1) is 11.8 Å². The van der Waals surface area contributed by atoms with Gasteiger partial charge in [0.2, 0.25) is 0 Å². The summed E-state index contributed by atoms with van der Waals surface area (Å²) in [6.45, 7) is 6.09. The highest BCUT2D eigenvalue weighted by atomic mass is 16.2. The summed E-state index contributed by atoms with van der Waals surface area (Å²) in [6.07, 6.45) is 8.08. The molecule has 0 unspecified atom stereocenters. The molecule has 0 aromatic carbocycles. The Balaban J connectivity index is 1.83. The number of rotatable bonds is 2. The Morgan fingerprint density at radius 2 is 2.00 bits per heavy atom. The Morgan fingerprint density at radius 3 is 2.67 bits per heavy atom. The fourth-order valence-electron chi connectivity index (χ4n) is 3.10. The number of hydrogen-bond donors (Lipinski definition) is 0. The molecule has 1 saturated heterocycles. The zero-order chi connectivity index (χ0) is 14.8. The van der Waals surface area contributed by atoms with E-state index in [-0.39, 0.29) is 5.91 Å². The number of imidazole rings is 1. The number of aromatic nitrogens is 3. The van der Waals surface area contributed by atoms with Gasteiger partial charge in [0, 0.05) is 37.2 Å². The molecule has 2 aromatic heterocycles. The lowest BCUT2D eigenvalue weighted by molar-refractivity contribution is 0.0623. The summed E-state index contributed by atoms with van der Waals surface area (Å²) in [4.78, 5) is 23.0. The van der Waals surface area contributed by atoms with Gasteiger partial charge in [-0.2, -0.15) is 0 Å². The van der Waals surface area contributed by atoms with Gasteiger partial charge < -0.3 is 4.90 Å². The lowest BCUT2D eigenvalue weighted by Gasteiger charge is -2.35. The molecule has 1 aliphatic heterocycles. The van der Waals surface area contributed by atoms with Crippen LogP contribution in [0.5, 0.6) is 0 Å². The van der Waals surface area contributed by atoms with Crippen LogP contribution in [0.1, 0.15) is 30.6 Å².